The van der Waals surface area contributed by atoms with Gasteiger partial charge >= 0.3 is 0 Å². The number of rotatable bonds is 3. The Morgan fingerprint density at radius 2 is 2.15 bits per heavy atom. The van der Waals surface area contributed by atoms with Crippen molar-refractivity contribution in [2.75, 3.05) is 10.8 Å². The van der Waals surface area contributed by atoms with Crippen LogP contribution in [0.5, 0.6) is 0 Å². The summed E-state index contributed by atoms with van der Waals surface area (Å²) in [6.07, 6.45) is 0.563. The first-order chi connectivity index (χ1) is 9.54. The summed E-state index contributed by atoms with van der Waals surface area (Å²) in [6.45, 7) is -0.0298. The van der Waals surface area contributed by atoms with Gasteiger partial charge in [0.05, 0.1) is 17.2 Å². The maximum Gasteiger partial charge on any atom is 0.265 e. The van der Waals surface area contributed by atoms with E-state index in [1.165, 1.54) is 33.8 Å². The molecule has 0 amide bonds. The predicted octanol–water partition coefficient (Wildman–Crippen LogP) is 2.13. The molecule has 2 heterocycles. The third-order valence-electron chi connectivity index (χ3n) is 3.32. The Labute approximate surface area is 120 Å². The minimum atomic E-state index is -3.75. The molecule has 0 fully saturated rings. The number of aliphatic hydroxyl groups excluding tert-OH is 1. The largest absolute Gasteiger partial charge is 0.391 e. The molecular formula is C13H12FNO3S2. The van der Waals surface area contributed by atoms with Gasteiger partial charge in [0.2, 0.25) is 0 Å². The molecule has 3 rings (SSSR count). The van der Waals surface area contributed by atoms with Crippen molar-refractivity contribution in [3.63, 3.8) is 0 Å². The maximum absolute atomic E-state index is 13.4. The fourth-order valence-corrected chi connectivity index (χ4v) is 5.13. The van der Waals surface area contributed by atoms with Crippen molar-refractivity contribution in [2.24, 2.45) is 0 Å². The van der Waals surface area contributed by atoms with Gasteiger partial charge in [-0.25, -0.2) is 12.8 Å². The topological polar surface area (TPSA) is 57.6 Å². The van der Waals surface area contributed by atoms with E-state index >= 15 is 0 Å². The monoisotopic (exact) mass is 313 g/mol. The Morgan fingerprint density at radius 3 is 2.90 bits per heavy atom. The van der Waals surface area contributed by atoms with Gasteiger partial charge in [-0.2, -0.15) is 0 Å². The van der Waals surface area contributed by atoms with Gasteiger partial charge in [-0.05, 0) is 35.6 Å². The summed E-state index contributed by atoms with van der Waals surface area (Å²) in [7, 11) is -3.75. The zero-order chi connectivity index (χ0) is 14.3. The van der Waals surface area contributed by atoms with E-state index in [0.717, 1.165) is 5.56 Å². The summed E-state index contributed by atoms with van der Waals surface area (Å²) in [5, 5.41) is 10.8. The van der Waals surface area contributed by atoms with Crippen molar-refractivity contribution in [1.82, 2.24) is 0 Å². The van der Waals surface area contributed by atoms with E-state index in [9.17, 15) is 17.9 Å². The zero-order valence-corrected chi connectivity index (χ0v) is 12.0. The minimum absolute atomic E-state index is 0.0992. The summed E-state index contributed by atoms with van der Waals surface area (Å²) in [5.41, 5.74) is 1.20. The fourth-order valence-electron chi connectivity index (χ4n) is 2.37. The average molecular weight is 313 g/mol. The van der Waals surface area contributed by atoms with Crippen LogP contribution in [0.2, 0.25) is 0 Å². The standard InChI is InChI=1S/C13H12FNO3S2/c14-10-2-1-9-3-5-15(11(9)7-10)20(17,18)13-4-6-19-12(13)8-16/h1-2,4,6-7,16H,3,5,8H2. The highest BCUT2D eigenvalue weighted by molar-refractivity contribution is 7.93. The second-order valence-electron chi connectivity index (χ2n) is 4.47. The molecule has 2 aromatic rings. The van der Waals surface area contributed by atoms with Crippen LogP contribution < -0.4 is 4.31 Å². The molecule has 106 valence electrons. The normalized spacial score (nSPS) is 14.6. The number of anilines is 1. The zero-order valence-electron chi connectivity index (χ0n) is 10.4. The number of sulfonamides is 1. The molecule has 1 aliphatic rings. The molecule has 0 atom stereocenters. The van der Waals surface area contributed by atoms with Crippen LogP contribution in [0.25, 0.3) is 0 Å². The third kappa shape index (κ3) is 2.02. The van der Waals surface area contributed by atoms with Crippen molar-refractivity contribution in [3.05, 3.63) is 45.9 Å². The molecule has 0 saturated carbocycles. The smallest absolute Gasteiger partial charge is 0.265 e. The van der Waals surface area contributed by atoms with Gasteiger partial charge in [-0.1, -0.05) is 6.07 Å². The van der Waals surface area contributed by atoms with E-state index in [0.29, 0.717) is 23.5 Å². The molecule has 0 radical (unpaired) electrons. The van der Waals surface area contributed by atoms with Crippen LogP contribution in [-0.2, 0) is 23.1 Å². The summed E-state index contributed by atoms with van der Waals surface area (Å²) < 4.78 is 39.9. The quantitative estimate of drug-likeness (QED) is 0.944. The Morgan fingerprint density at radius 1 is 1.35 bits per heavy atom. The Hall–Kier alpha value is -1.44. The van der Waals surface area contributed by atoms with Crippen LogP contribution in [0.3, 0.4) is 0 Å². The lowest BCUT2D eigenvalue weighted by molar-refractivity contribution is 0.282. The van der Waals surface area contributed by atoms with E-state index in [1.807, 2.05) is 0 Å². The fraction of sp³-hybridized carbons (Fsp3) is 0.231. The Bertz CT molecular complexity index is 755. The highest BCUT2D eigenvalue weighted by atomic mass is 32.2. The van der Waals surface area contributed by atoms with Crippen LogP contribution in [-0.4, -0.2) is 20.1 Å². The van der Waals surface area contributed by atoms with E-state index < -0.39 is 15.8 Å². The number of fused-ring (bicyclic) bond motifs is 1. The van der Waals surface area contributed by atoms with Crippen LogP contribution in [0, 0.1) is 5.82 Å². The van der Waals surface area contributed by atoms with Crippen molar-refractivity contribution in [1.29, 1.82) is 0 Å². The van der Waals surface area contributed by atoms with Gasteiger partial charge in [0.15, 0.2) is 0 Å². The number of benzene rings is 1. The summed E-state index contributed by atoms with van der Waals surface area (Å²) in [6, 6.07) is 5.66. The Kier molecular flexibility index (Phi) is 3.27. The molecule has 0 unspecified atom stereocenters. The van der Waals surface area contributed by atoms with Gasteiger partial charge in [0.25, 0.3) is 10.0 Å². The third-order valence-corrected chi connectivity index (χ3v) is 6.25. The number of nitrogens with zero attached hydrogens (tertiary/aromatic N) is 1. The number of hydrogen-bond acceptors (Lipinski definition) is 4. The van der Waals surface area contributed by atoms with Crippen LogP contribution in [0.1, 0.15) is 10.4 Å². The molecular weight excluding hydrogens is 301 g/mol. The van der Waals surface area contributed by atoms with Crippen LogP contribution in [0.4, 0.5) is 10.1 Å². The van der Waals surface area contributed by atoms with Gasteiger partial charge in [0.1, 0.15) is 10.7 Å². The molecule has 0 bridgehead atoms. The van der Waals surface area contributed by atoms with E-state index in [-0.39, 0.29) is 11.5 Å². The molecule has 1 N–H and O–H groups in total. The van der Waals surface area contributed by atoms with E-state index in [1.54, 1.807) is 11.4 Å². The van der Waals surface area contributed by atoms with Gasteiger partial charge < -0.3 is 5.11 Å². The molecule has 20 heavy (non-hydrogen) atoms. The van der Waals surface area contributed by atoms with Crippen molar-refractivity contribution in [2.45, 2.75) is 17.9 Å². The number of thiophene rings is 1. The summed E-state index contributed by atoms with van der Waals surface area (Å²) in [5.74, 6) is -0.460. The minimum Gasteiger partial charge on any atom is -0.391 e. The molecule has 0 spiro atoms. The molecule has 0 saturated heterocycles. The summed E-state index contributed by atoms with van der Waals surface area (Å²) >= 11 is 1.19. The van der Waals surface area contributed by atoms with Crippen molar-refractivity contribution < 1.29 is 17.9 Å². The van der Waals surface area contributed by atoms with Gasteiger partial charge in [-0.15, -0.1) is 11.3 Å². The van der Waals surface area contributed by atoms with Gasteiger partial charge in [0, 0.05) is 6.54 Å². The van der Waals surface area contributed by atoms with E-state index in [4.69, 9.17) is 0 Å². The van der Waals surface area contributed by atoms with E-state index in [2.05, 4.69) is 0 Å². The first kappa shape index (κ1) is 13.5. The van der Waals surface area contributed by atoms with Crippen LogP contribution in [0.15, 0.2) is 34.5 Å². The second-order valence-corrected chi connectivity index (χ2v) is 7.30. The summed E-state index contributed by atoms with van der Waals surface area (Å²) in [4.78, 5) is 0.497. The first-order valence-electron chi connectivity index (χ1n) is 6.02. The van der Waals surface area contributed by atoms with Gasteiger partial charge in [-0.3, -0.25) is 4.31 Å². The molecule has 7 heteroatoms. The highest BCUT2D eigenvalue weighted by Crippen LogP contribution is 2.35. The second kappa shape index (κ2) is 4.83. The lowest BCUT2D eigenvalue weighted by Gasteiger charge is -2.19. The molecule has 1 aromatic carbocycles. The lowest BCUT2D eigenvalue weighted by Crippen LogP contribution is -2.29. The molecule has 1 aliphatic heterocycles. The number of hydrogen-bond donors (Lipinski definition) is 1. The van der Waals surface area contributed by atoms with Crippen LogP contribution >= 0.6 is 11.3 Å². The SMILES string of the molecule is O=S(=O)(c1ccsc1CO)N1CCc2ccc(F)cc21. The maximum atomic E-state index is 13.4. The average Bonchev–Trinajstić information content (AvgIpc) is 3.04. The molecule has 4 nitrogen and oxygen atoms in total. The van der Waals surface area contributed by atoms with Crippen molar-refractivity contribution >= 4 is 27.0 Å². The highest BCUT2D eigenvalue weighted by Gasteiger charge is 2.33. The molecule has 1 aromatic heterocycles. The first-order valence-corrected chi connectivity index (χ1v) is 8.34. The van der Waals surface area contributed by atoms with Crippen molar-refractivity contribution in [3.8, 4) is 0 Å². The number of halogens is 1. The lowest BCUT2D eigenvalue weighted by atomic mass is 10.2. The number of aliphatic hydroxyl groups is 1. The molecule has 0 aliphatic carbocycles. The Balaban J connectivity index is 2.09. The predicted molar refractivity (Wildman–Crippen MR) is 74.9 cm³/mol.